The van der Waals surface area contributed by atoms with Crippen LogP contribution in [0.3, 0.4) is 0 Å². The van der Waals surface area contributed by atoms with Gasteiger partial charge in [-0.15, -0.1) is 0 Å². The molecule has 9 heteroatoms. The summed E-state index contributed by atoms with van der Waals surface area (Å²) in [6, 6.07) is 9.72. The summed E-state index contributed by atoms with van der Waals surface area (Å²) in [5.41, 5.74) is 10.8. The van der Waals surface area contributed by atoms with Gasteiger partial charge in [0.15, 0.2) is 5.82 Å². The first-order valence-corrected chi connectivity index (χ1v) is 8.60. The standard InChI is InChI=1S/C19H15N9/c1-11-23-18(26-19(20)24-11)17-16(14-6-8-22-27-14)25-15-5-4-13(10-28(15)17)12-3-2-7-21-9-12/h2-10H,1H3,(H,22,27)(H2,20,23,24,26). The van der Waals surface area contributed by atoms with Crippen molar-refractivity contribution in [2.45, 2.75) is 6.92 Å². The summed E-state index contributed by atoms with van der Waals surface area (Å²) in [4.78, 5) is 21.9. The Labute approximate surface area is 159 Å². The van der Waals surface area contributed by atoms with Crippen LogP contribution >= 0.6 is 0 Å². The summed E-state index contributed by atoms with van der Waals surface area (Å²) in [5, 5.41) is 7.01. The Kier molecular flexibility index (Phi) is 3.58. The molecule has 0 saturated heterocycles. The molecule has 0 aliphatic heterocycles. The maximum atomic E-state index is 5.88. The van der Waals surface area contributed by atoms with Gasteiger partial charge in [0.2, 0.25) is 5.95 Å². The Morgan fingerprint density at radius 2 is 1.89 bits per heavy atom. The smallest absolute Gasteiger partial charge is 0.223 e. The van der Waals surface area contributed by atoms with Gasteiger partial charge in [0, 0.05) is 35.9 Å². The van der Waals surface area contributed by atoms with Gasteiger partial charge in [-0.05, 0) is 31.2 Å². The molecule has 0 radical (unpaired) electrons. The second-order valence-electron chi connectivity index (χ2n) is 6.23. The topological polar surface area (TPSA) is 124 Å². The predicted octanol–water partition coefficient (Wildman–Crippen LogP) is 2.53. The minimum absolute atomic E-state index is 0.163. The summed E-state index contributed by atoms with van der Waals surface area (Å²) in [5.74, 6) is 1.15. The number of nitrogens with zero attached hydrogens (tertiary/aromatic N) is 7. The minimum atomic E-state index is 0.163. The molecule has 9 nitrogen and oxygen atoms in total. The van der Waals surface area contributed by atoms with Crippen LogP contribution in [-0.2, 0) is 0 Å². The number of nitrogen functional groups attached to an aromatic ring is 1. The molecule has 28 heavy (non-hydrogen) atoms. The number of rotatable bonds is 3. The van der Waals surface area contributed by atoms with Crippen molar-refractivity contribution in [1.82, 2.24) is 39.5 Å². The molecule has 0 spiro atoms. The summed E-state index contributed by atoms with van der Waals surface area (Å²) < 4.78 is 1.95. The first-order chi connectivity index (χ1) is 13.7. The second-order valence-corrected chi connectivity index (χ2v) is 6.23. The average molecular weight is 369 g/mol. The second kappa shape index (κ2) is 6.23. The minimum Gasteiger partial charge on any atom is -0.368 e. The Morgan fingerprint density at radius 1 is 0.964 bits per heavy atom. The zero-order valence-electron chi connectivity index (χ0n) is 14.9. The highest BCUT2D eigenvalue weighted by Gasteiger charge is 2.20. The van der Waals surface area contributed by atoms with Crippen LogP contribution in [0.15, 0.2) is 55.1 Å². The predicted molar refractivity (Wildman–Crippen MR) is 104 cm³/mol. The number of anilines is 1. The van der Waals surface area contributed by atoms with E-state index in [1.807, 2.05) is 47.1 Å². The summed E-state index contributed by atoms with van der Waals surface area (Å²) >= 11 is 0. The van der Waals surface area contributed by atoms with E-state index in [0.29, 0.717) is 23.0 Å². The molecule has 0 aromatic carbocycles. The van der Waals surface area contributed by atoms with Crippen molar-refractivity contribution in [3.63, 3.8) is 0 Å². The number of pyridine rings is 2. The van der Waals surface area contributed by atoms with Gasteiger partial charge in [0.05, 0.1) is 5.69 Å². The molecule has 0 amide bonds. The highest BCUT2D eigenvalue weighted by atomic mass is 15.1. The van der Waals surface area contributed by atoms with E-state index < -0.39 is 0 Å². The molecule has 5 rings (SSSR count). The number of hydrogen-bond donors (Lipinski definition) is 2. The van der Waals surface area contributed by atoms with Crippen LogP contribution in [0, 0.1) is 6.92 Å². The molecule has 5 aromatic heterocycles. The zero-order valence-corrected chi connectivity index (χ0v) is 14.9. The lowest BCUT2D eigenvalue weighted by Gasteiger charge is -2.07. The van der Waals surface area contributed by atoms with Crippen LogP contribution in [0.2, 0.25) is 0 Å². The van der Waals surface area contributed by atoms with Crippen LogP contribution in [0.4, 0.5) is 5.95 Å². The first kappa shape index (κ1) is 16.1. The maximum Gasteiger partial charge on any atom is 0.223 e. The van der Waals surface area contributed by atoms with Gasteiger partial charge in [-0.25, -0.2) is 9.97 Å². The Morgan fingerprint density at radius 3 is 2.64 bits per heavy atom. The van der Waals surface area contributed by atoms with Gasteiger partial charge in [0.1, 0.15) is 22.9 Å². The number of nitrogens with one attached hydrogen (secondary N) is 1. The molecule has 0 saturated carbocycles. The molecular weight excluding hydrogens is 354 g/mol. The van der Waals surface area contributed by atoms with E-state index >= 15 is 0 Å². The Hall–Kier alpha value is -4.14. The van der Waals surface area contributed by atoms with Crippen molar-refractivity contribution in [2.24, 2.45) is 0 Å². The van der Waals surface area contributed by atoms with Crippen molar-refractivity contribution in [2.75, 3.05) is 5.73 Å². The highest BCUT2D eigenvalue weighted by Crippen LogP contribution is 2.31. The molecule has 0 bridgehead atoms. The number of aryl methyl sites for hydroxylation is 1. The van der Waals surface area contributed by atoms with Crippen LogP contribution in [0.5, 0.6) is 0 Å². The fourth-order valence-electron chi connectivity index (χ4n) is 3.15. The van der Waals surface area contributed by atoms with Crippen LogP contribution in [0.25, 0.3) is 39.7 Å². The monoisotopic (exact) mass is 369 g/mol. The van der Waals surface area contributed by atoms with Gasteiger partial charge in [-0.1, -0.05) is 6.07 Å². The summed E-state index contributed by atoms with van der Waals surface area (Å²) in [6.07, 6.45) is 7.23. The van der Waals surface area contributed by atoms with Gasteiger partial charge in [-0.3, -0.25) is 14.5 Å². The highest BCUT2D eigenvalue weighted by molar-refractivity contribution is 5.78. The molecule has 0 unspecified atom stereocenters. The molecule has 3 N–H and O–H groups in total. The van der Waals surface area contributed by atoms with Crippen molar-refractivity contribution < 1.29 is 0 Å². The lowest BCUT2D eigenvalue weighted by molar-refractivity contribution is 0.982. The quantitative estimate of drug-likeness (QED) is 0.501. The number of H-pyrrole nitrogens is 1. The molecule has 5 aromatic rings. The summed E-state index contributed by atoms with van der Waals surface area (Å²) in [7, 11) is 0. The average Bonchev–Trinajstić information content (AvgIpc) is 3.35. The number of aromatic amines is 1. The number of imidazole rings is 1. The third kappa shape index (κ3) is 2.65. The molecule has 0 atom stereocenters. The number of hydrogen-bond acceptors (Lipinski definition) is 7. The van der Waals surface area contributed by atoms with Crippen molar-refractivity contribution in [1.29, 1.82) is 0 Å². The summed E-state index contributed by atoms with van der Waals surface area (Å²) in [6.45, 7) is 1.78. The van der Waals surface area contributed by atoms with Gasteiger partial charge >= 0.3 is 0 Å². The van der Waals surface area contributed by atoms with Gasteiger partial charge < -0.3 is 5.73 Å². The van der Waals surface area contributed by atoms with Crippen molar-refractivity contribution in [3.8, 4) is 34.0 Å². The van der Waals surface area contributed by atoms with E-state index in [9.17, 15) is 0 Å². The van der Waals surface area contributed by atoms with Gasteiger partial charge in [0.25, 0.3) is 0 Å². The van der Waals surface area contributed by atoms with E-state index in [-0.39, 0.29) is 5.95 Å². The SMILES string of the molecule is Cc1nc(N)nc(-c2c(-c3ccn[nH]3)nc3ccc(-c4cccnc4)cn23)n1. The molecular formula is C19H15N9. The normalized spacial score (nSPS) is 11.2. The molecule has 5 heterocycles. The molecule has 0 aliphatic carbocycles. The maximum absolute atomic E-state index is 5.88. The van der Waals surface area contributed by atoms with E-state index in [2.05, 4.69) is 30.1 Å². The third-order valence-electron chi connectivity index (χ3n) is 4.35. The van der Waals surface area contributed by atoms with E-state index in [1.165, 1.54) is 0 Å². The Bertz CT molecular complexity index is 1250. The molecule has 0 aliphatic rings. The van der Waals surface area contributed by atoms with Crippen molar-refractivity contribution in [3.05, 3.63) is 60.9 Å². The number of nitrogens with two attached hydrogens (primary N) is 1. The van der Waals surface area contributed by atoms with Gasteiger partial charge in [-0.2, -0.15) is 15.1 Å². The molecule has 136 valence electrons. The number of aromatic nitrogens is 8. The van der Waals surface area contributed by atoms with Crippen LogP contribution in [-0.4, -0.2) is 39.5 Å². The van der Waals surface area contributed by atoms with E-state index in [4.69, 9.17) is 10.7 Å². The van der Waals surface area contributed by atoms with Crippen LogP contribution < -0.4 is 5.73 Å². The number of fused-ring (bicyclic) bond motifs is 1. The molecule has 0 fully saturated rings. The Balaban J connectivity index is 1.82. The lowest BCUT2D eigenvalue weighted by atomic mass is 10.1. The third-order valence-corrected chi connectivity index (χ3v) is 4.35. The largest absolute Gasteiger partial charge is 0.368 e. The van der Waals surface area contributed by atoms with Crippen LogP contribution in [0.1, 0.15) is 5.82 Å². The zero-order chi connectivity index (χ0) is 19.1. The first-order valence-electron chi connectivity index (χ1n) is 8.60. The lowest BCUT2D eigenvalue weighted by Crippen LogP contribution is -2.04. The van der Waals surface area contributed by atoms with Crippen molar-refractivity contribution >= 4 is 11.6 Å². The van der Waals surface area contributed by atoms with E-state index in [1.54, 1.807) is 19.3 Å². The fraction of sp³-hybridized carbons (Fsp3) is 0.0526. The van der Waals surface area contributed by atoms with E-state index in [0.717, 1.165) is 22.5 Å². The fourth-order valence-corrected chi connectivity index (χ4v) is 3.15.